The molecular weight excluding hydrogens is 213 g/mol. The smallest absolute Gasteiger partial charge is 0.328 e. The third-order valence-corrected chi connectivity index (χ3v) is 1.85. The fourth-order valence-electron chi connectivity index (χ4n) is 1.13. The Kier molecular flexibility index (Phi) is 3.62. The Balaban J connectivity index is 3.26. The summed E-state index contributed by atoms with van der Waals surface area (Å²) in [7, 11) is 1.33. The topological polar surface area (TPSA) is 70.3 Å². The van der Waals surface area contributed by atoms with Crippen LogP contribution < -0.4 is 4.74 Å². The van der Waals surface area contributed by atoms with E-state index >= 15 is 0 Å². The van der Waals surface area contributed by atoms with Gasteiger partial charge < -0.3 is 9.84 Å². The fourth-order valence-corrected chi connectivity index (χ4v) is 1.13. The van der Waals surface area contributed by atoms with Gasteiger partial charge in [0.2, 0.25) is 0 Å². The number of rotatable bonds is 3. The molecule has 0 aliphatic rings. The minimum atomic E-state index is -1.13. The maximum atomic E-state index is 13.2. The monoisotopic (exact) mass is 221 g/mol. The van der Waals surface area contributed by atoms with Crippen molar-refractivity contribution in [3.8, 4) is 11.8 Å². The van der Waals surface area contributed by atoms with E-state index in [0.717, 1.165) is 12.1 Å². The molecule has 0 spiro atoms. The predicted octanol–water partition coefficient (Wildman–Crippen LogP) is 1.80. The van der Waals surface area contributed by atoms with Crippen LogP contribution in [0.1, 0.15) is 11.1 Å². The molecule has 1 N–H and O–H groups in total. The average molecular weight is 221 g/mol. The number of aliphatic carboxylic acids is 1. The van der Waals surface area contributed by atoms with E-state index in [9.17, 15) is 9.18 Å². The molecule has 0 heterocycles. The van der Waals surface area contributed by atoms with E-state index in [0.29, 0.717) is 5.56 Å². The summed E-state index contributed by atoms with van der Waals surface area (Å²) in [4.78, 5) is 10.3. The Hall–Kier alpha value is -2.35. The molecule has 0 saturated carbocycles. The summed E-state index contributed by atoms with van der Waals surface area (Å²) in [6.45, 7) is 0. The van der Waals surface area contributed by atoms with Crippen molar-refractivity contribution in [3.63, 3.8) is 0 Å². The van der Waals surface area contributed by atoms with Crippen LogP contribution in [0.5, 0.6) is 5.75 Å². The highest BCUT2D eigenvalue weighted by molar-refractivity contribution is 5.86. The van der Waals surface area contributed by atoms with Gasteiger partial charge in [-0.15, -0.1) is 0 Å². The molecule has 0 fully saturated rings. The minimum Gasteiger partial charge on any atom is -0.496 e. The van der Waals surface area contributed by atoms with E-state index in [1.807, 2.05) is 0 Å². The van der Waals surface area contributed by atoms with Crippen molar-refractivity contribution in [1.29, 1.82) is 5.26 Å². The van der Waals surface area contributed by atoms with Gasteiger partial charge in [-0.3, -0.25) is 0 Å². The Bertz CT molecular complexity index is 489. The van der Waals surface area contributed by atoms with E-state index in [-0.39, 0.29) is 11.3 Å². The summed E-state index contributed by atoms with van der Waals surface area (Å²) < 4.78 is 18.0. The van der Waals surface area contributed by atoms with Crippen molar-refractivity contribution in [2.45, 2.75) is 0 Å². The summed E-state index contributed by atoms with van der Waals surface area (Å²) in [6.07, 6.45) is 2.12. The van der Waals surface area contributed by atoms with Gasteiger partial charge in [0.1, 0.15) is 17.6 Å². The van der Waals surface area contributed by atoms with E-state index in [1.165, 1.54) is 19.3 Å². The first kappa shape index (κ1) is 11.7. The second-order valence-corrected chi connectivity index (χ2v) is 2.86. The van der Waals surface area contributed by atoms with Gasteiger partial charge in [-0.1, -0.05) is 0 Å². The lowest BCUT2D eigenvalue weighted by Crippen LogP contribution is -1.93. The lowest BCUT2D eigenvalue weighted by Gasteiger charge is -2.05. The molecule has 0 saturated heterocycles. The number of carbonyl (C=O) groups is 1. The molecule has 82 valence electrons. The zero-order valence-electron chi connectivity index (χ0n) is 8.40. The van der Waals surface area contributed by atoms with Crippen molar-refractivity contribution < 1.29 is 19.0 Å². The van der Waals surface area contributed by atoms with Crippen molar-refractivity contribution >= 4 is 12.0 Å². The van der Waals surface area contributed by atoms with Crippen LogP contribution in [0, 0.1) is 17.1 Å². The van der Waals surface area contributed by atoms with Crippen LogP contribution in [0.2, 0.25) is 0 Å². The van der Waals surface area contributed by atoms with Crippen LogP contribution in [-0.2, 0) is 4.79 Å². The number of carboxylic acids is 1. The highest BCUT2D eigenvalue weighted by atomic mass is 19.1. The van der Waals surface area contributed by atoms with Crippen LogP contribution in [0.25, 0.3) is 6.08 Å². The number of halogens is 1. The number of hydrogen-bond donors (Lipinski definition) is 1. The maximum Gasteiger partial charge on any atom is 0.328 e. The summed E-state index contributed by atoms with van der Waals surface area (Å²) in [5.74, 6) is -1.66. The lowest BCUT2D eigenvalue weighted by molar-refractivity contribution is -0.131. The normalized spacial score (nSPS) is 10.1. The minimum absolute atomic E-state index is 0.161. The third kappa shape index (κ3) is 2.58. The molecule has 0 unspecified atom stereocenters. The molecule has 1 aromatic rings. The highest BCUT2D eigenvalue weighted by Gasteiger charge is 2.08. The second-order valence-electron chi connectivity index (χ2n) is 2.86. The highest BCUT2D eigenvalue weighted by Crippen LogP contribution is 2.23. The van der Waals surface area contributed by atoms with E-state index in [4.69, 9.17) is 15.1 Å². The van der Waals surface area contributed by atoms with Gasteiger partial charge >= 0.3 is 5.97 Å². The molecule has 0 amide bonds. The van der Waals surface area contributed by atoms with Crippen molar-refractivity contribution in [2.24, 2.45) is 0 Å². The molecule has 0 bridgehead atoms. The predicted molar refractivity (Wildman–Crippen MR) is 54.3 cm³/mol. The molecule has 0 aliphatic carbocycles. The van der Waals surface area contributed by atoms with Crippen molar-refractivity contribution in [2.75, 3.05) is 7.11 Å². The number of ether oxygens (including phenoxy) is 1. The number of nitriles is 1. The number of hydrogen-bond acceptors (Lipinski definition) is 3. The summed E-state index contributed by atoms with van der Waals surface area (Å²) >= 11 is 0. The first-order valence-electron chi connectivity index (χ1n) is 4.27. The molecule has 1 aromatic carbocycles. The largest absolute Gasteiger partial charge is 0.496 e. The van der Waals surface area contributed by atoms with E-state index in [1.54, 1.807) is 6.07 Å². The Morgan fingerprint density at radius 3 is 2.81 bits per heavy atom. The number of methoxy groups -OCH3 is 1. The quantitative estimate of drug-likeness (QED) is 0.790. The first-order valence-corrected chi connectivity index (χ1v) is 4.27. The zero-order chi connectivity index (χ0) is 12.1. The fraction of sp³-hybridized carbons (Fsp3) is 0.0909. The van der Waals surface area contributed by atoms with E-state index in [2.05, 4.69) is 0 Å². The van der Waals surface area contributed by atoms with Gasteiger partial charge in [-0.05, 0) is 12.1 Å². The molecule has 0 aromatic heterocycles. The Morgan fingerprint density at radius 2 is 2.31 bits per heavy atom. The molecular formula is C11H8FNO3. The zero-order valence-corrected chi connectivity index (χ0v) is 8.40. The Morgan fingerprint density at radius 1 is 1.62 bits per heavy atom. The van der Waals surface area contributed by atoms with Gasteiger partial charge in [-0.25, -0.2) is 9.18 Å². The number of carboxylic acid groups (broad SMARTS) is 1. The third-order valence-electron chi connectivity index (χ3n) is 1.85. The summed E-state index contributed by atoms with van der Waals surface area (Å²) in [5, 5.41) is 17.1. The first-order chi connectivity index (χ1) is 7.58. The van der Waals surface area contributed by atoms with E-state index < -0.39 is 11.8 Å². The van der Waals surface area contributed by atoms with Crippen LogP contribution in [0.4, 0.5) is 4.39 Å². The van der Waals surface area contributed by atoms with Crippen LogP contribution >= 0.6 is 0 Å². The molecule has 1 rings (SSSR count). The molecule has 4 nitrogen and oxygen atoms in total. The average Bonchev–Trinajstić information content (AvgIpc) is 2.26. The molecule has 0 atom stereocenters. The maximum absolute atomic E-state index is 13.2. The van der Waals surface area contributed by atoms with Gasteiger partial charge in [0.15, 0.2) is 0 Å². The van der Waals surface area contributed by atoms with Crippen LogP contribution in [0.3, 0.4) is 0 Å². The van der Waals surface area contributed by atoms with Crippen molar-refractivity contribution in [3.05, 3.63) is 35.2 Å². The second kappa shape index (κ2) is 4.94. The van der Waals surface area contributed by atoms with Crippen LogP contribution in [0.15, 0.2) is 18.2 Å². The van der Waals surface area contributed by atoms with Gasteiger partial charge in [0.05, 0.1) is 12.7 Å². The van der Waals surface area contributed by atoms with Gasteiger partial charge in [0.25, 0.3) is 0 Å². The van der Waals surface area contributed by atoms with Crippen molar-refractivity contribution in [1.82, 2.24) is 0 Å². The molecule has 5 heteroatoms. The number of nitrogens with zero attached hydrogens (tertiary/aromatic N) is 1. The standard InChI is InChI=1S/C11H8FNO3/c1-16-10-5-9(12)8(6-13)4-7(10)2-3-11(14)15/h2-5H,1H3,(H,14,15)/b3-2+. The SMILES string of the molecule is COc1cc(F)c(C#N)cc1/C=C/C(=O)O. The number of benzene rings is 1. The summed E-state index contributed by atoms with van der Waals surface area (Å²) in [5.41, 5.74) is 0.175. The van der Waals surface area contributed by atoms with Gasteiger partial charge in [-0.2, -0.15) is 5.26 Å². The molecule has 0 radical (unpaired) electrons. The van der Waals surface area contributed by atoms with Crippen LogP contribution in [-0.4, -0.2) is 18.2 Å². The molecule has 0 aliphatic heterocycles. The molecule has 16 heavy (non-hydrogen) atoms. The van der Waals surface area contributed by atoms with Gasteiger partial charge in [0, 0.05) is 17.7 Å². The summed E-state index contributed by atoms with van der Waals surface area (Å²) in [6, 6.07) is 3.93. The lowest BCUT2D eigenvalue weighted by atomic mass is 10.1. The Labute approximate surface area is 91.2 Å².